The normalized spacial score (nSPS) is 12.4. The molecule has 0 saturated heterocycles. The standard InChI is InChI=1S/C10H13NO3S/c1-7(5-12)6-15-9-4-8(10(13)14)2-3-11-9/h2-4,7,12H,5-6H2,1H3,(H,13,14). The van der Waals surface area contributed by atoms with Gasteiger partial charge in [-0.2, -0.15) is 0 Å². The molecule has 0 aliphatic heterocycles. The Morgan fingerprint density at radius 2 is 2.40 bits per heavy atom. The van der Waals surface area contributed by atoms with Crippen LogP contribution in [0.2, 0.25) is 0 Å². The van der Waals surface area contributed by atoms with Crippen LogP contribution in [-0.2, 0) is 0 Å². The van der Waals surface area contributed by atoms with E-state index in [1.165, 1.54) is 30.1 Å². The number of thioether (sulfide) groups is 1. The van der Waals surface area contributed by atoms with Crippen molar-refractivity contribution >= 4 is 17.7 Å². The molecular formula is C10H13NO3S. The Morgan fingerprint density at radius 3 is 3.00 bits per heavy atom. The second-order valence-corrected chi connectivity index (χ2v) is 4.33. The summed E-state index contributed by atoms with van der Waals surface area (Å²) in [7, 11) is 0. The van der Waals surface area contributed by atoms with E-state index in [-0.39, 0.29) is 18.1 Å². The predicted octanol–water partition coefficient (Wildman–Crippen LogP) is 1.50. The van der Waals surface area contributed by atoms with Gasteiger partial charge in [-0.3, -0.25) is 0 Å². The van der Waals surface area contributed by atoms with E-state index in [0.29, 0.717) is 5.03 Å². The number of nitrogens with zero attached hydrogens (tertiary/aromatic N) is 1. The van der Waals surface area contributed by atoms with Crippen LogP contribution < -0.4 is 0 Å². The fourth-order valence-corrected chi connectivity index (χ4v) is 1.81. The molecule has 1 rings (SSSR count). The molecule has 15 heavy (non-hydrogen) atoms. The highest BCUT2D eigenvalue weighted by molar-refractivity contribution is 7.99. The molecule has 5 heteroatoms. The van der Waals surface area contributed by atoms with Crippen molar-refractivity contribution in [3.8, 4) is 0 Å². The van der Waals surface area contributed by atoms with Crippen LogP contribution in [0.1, 0.15) is 17.3 Å². The number of aromatic nitrogens is 1. The molecule has 0 aromatic carbocycles. The Morgan fingerprint density at radius 1 is 1.67 bits per heavy atom. The molecule has 1 aromatic heterocycles. The van der Waals surface area contributed by atoms with E-state index in [1.807, 2.05) is 6.92 Å². The lowest BCUT2D eigenvalue weighted by Gasteiger charge is -2.06. The molecule has 82 valence electrons. The van der Waals surface area contributed by atoms with Crippen LogP contribution in [0.4, 0.5) is 0 Å². The highest BCUT2D eigenvalue weighted by Gasteiger charge is 2.06. The Labute approximate surface area is 92.3 Å². The second kappa shape index (κ2) is 5.72. The van der Waals surface area contributed by atoms with Gasteiger partial charge in [0.15, 0.2) is 0 Å². The first kappa shape index (κ1) is 12.0. The van der Waals surface area contributed by atoms with Crippen LogP contribution in [-0.4, -0.2) is 33.5 Å². The summed E-state index contributed by atoms with van der Waals surface area (Å²) in [6, 6.07) is 3.00. The van der Waals surface area contributed by atoms with Gasteiger partial charge in [0.05, 0.1) is 10.6 Å². The summed E-state index contributed by atoms with van der Waals surface area (Å²) in [4.78, 5) is 14.7. The lowest BCUT2D eigenvalue weighted by molar-refractivity contribution is 0.0696. The summed E-state index contributed by atoms with van der Waals surface area (Å²) in [5, 5.41) is 18.3. The van der Waals surface area contributed by atoms with Gasteiger partial charge in [0.25, 0.3) is 0 Å². The average Bonchev–Trinajstić information content (AvgIpc) is 2.26. The first-order valence-electron chi connectivity index (χ1n) is 4.56. The lowest BCUT2D eigenvalue weighted by Crippen LogP contribution is -2.04. The van der Waals surface area contributed by atoms with Gasteiger partial charge in [-0.05, 0) is 18.1 Å². The maximum atomic E-state index is 10.7. The number of rotatable bonds is 5. The van der Waals surface area contributed by atoms with Crippen molar-refractivity contribution in [2.45, 2.75) is 11.9 Å². The molecule has 2 N–H and O–H groups in total. The number of carboxylic acid groups (broad SMARTS) is 1. The van der Waals surface area contributed by atoms with Gasteiger partial charge in [-0.1, -0.05) is 6.92 Å². The van der Waals surface area contributed by atoms with E-state index >= 15 is 0 Å². The van der Waals surface area contributed by atoms with E-state index in [1.54, 1.807) is 0 Å². The Hall–Kier alpha value is -1.07. The zero-order chi connectivity index (χ0) is 11.3. The van der Waals surface area contributed by atoms with Crippen molar-refractivity contribution in [1.82, 2.24) is 4.98 Å². The average molecular weight is 227 g/mol. The molecule has 1 aromatic rings. The van der Waals surface area contributed by atoms with Crippen molar-refractivity contribution in [3.05, 3.63) is 23.9 Å². The molecule has 0 aliphatic rings. The third-order valence-electron chi connectivity index (χ3n) is 1.81. The van der Waals surface area contributed by atoms with Gasteiger partial charge in [0.2, 0.25) is 0 Å². The number of carboxylic acids is 1. The number of hydrogen-bond acceptors (Lipinski definition) is 4. The number of aliphatic hydroxyl groups is 1. The molecule has 0 aliphatic carbocycles. The summed E-state index contributed by atoms with van der Waals surface area (Å²) in [6.07, 6.45) is 1.48. The molecule has 4 nitrogen and oxygen atoms in total. The van der Waals surface area contributed by atoms with Crippen molar-refractivity contribution in [1.29, 1.82) is 0 Å². The van der Waals surface area contributed by atoms with Gasteiger partial charge >= 0.3 is 5.97 Å². The van der Waals surface area contributed by atoms with Crippen LogP contribution in [0.15, 0.2) is 23.4 Å². The van der Waals surface area contributed by atoms with E-state index in [2.05, 4.69) is 4.98 Å². The smallest absolute Gasteiger partial charge is 0.335 e. The van der Waals surface area contributed by atoms with Crippen molar-refractivity contribution in [3.63, 3.8) is 0 Å². The zero-order valence-electron chi connectivity index (χ0n) is 8.38. The SMILES string of the molecule is CC(CO)CSc1cc(C(=O)O)ccn1. The quantitative estimate of drug-likeness (QED) is 0.746. The summed E-state index contributed by atoms with van der Waals surface area (Å²) >= 11 is 1.45. The zero-order valence-corrected chi connectivity index (χ0v) is 9.20. The number of aromatic carboxylic acids is 1. The first-order chi connectivity index (χ1) is 7.13. The largest absolute Gasteiger partial charge is 0.478 e. The topological polar surface area (TPSA) is 70.4 Å². The van der Waals surface area contributed by atoms with E-state index in [4.69, 9.17) is 10.2 Å². The monoisotopic (exact) mass is 227 g/mol. The lowest BCUT2D eigenvalue weighted by atomic mass is 10.2. The summed E-state index contributed by atoms with van der Waals surface area (Å²) in [5.41, 5.74) is 0.240. The summed E-state index contributed by atoms with van der Waals surface area (Å²) in [6.45, 7) is 2.06. The molecule has 1 atom stereocenters. The molecular weight excluding hydrogens is 214 g/mol. The van der Waals surface area contributed by atoms with Gasteiger partial charge in [-0.15, -0.1) is 11.8 Å². The van der Waals surface area contributed by atoms with E-state index in [0.717, 1.165) is 5.75 Å². The van der Waals surface area contributed by atoms with Crippen molar-refractivity contribution in [2.75, 3.05) is 12.4 Å². The molecule has 0 spiro atoms. The third kappa shape index (κ3) is 3.89. The van der Waals surface area contributed by atoms with Crippen LogP contribution in [0.3, 0.4) is 0 Å². The van der Waals surface area contributed by atoms with Gasteiger partial charge in [0, 0.05) is 18.6 Å². The second-order valence-electron chi connectivity index (χ2n) is 3.29. The molecule has 0 saturated carbocycles. The van der Waals surface area contributed by atoms with Crippen LogP contribution in [0.5, 0.6) is 0 Å². The summed E-state index contributed by atoms with van der Waals surface area (Å²) in [5.74, 6) is -0.0354. The van der Waals surface area contributed by atoms with Crippen molar-refractivity contribution in [2.24, 2.45) is 5.92 Å². The number of carbonyl (C=O) groups is 1. The van der Waals surface area contributed by atoms with Crippen LogP contribution in [0.25, 0.3) is 0 Å². The third-order valence-corrected chi connectivity index (χ3v) is 3.06. The minimum Gasteiger partial charge on any atom is -0.478 e. The van der Waals surface area contributed by atoms with Crippen LogP contribution in [0, 0.1) is 5.92 Å². The number of aliphatic hydroxyl groups excluding tert-OH is 1. The predicted molar refractivity (Wildman–Crippen MR) is 58.2 cm³/mol. The molecule has 0 bridgehead atoms. The van der Waals surface area contributed by atoms with Crippen LogP contribution >= 0.6 is 11.8 Å². The minimum absolute atomic E-state index is 0.131. The minimum atomic E-state index is -0.950. The van der Waals surface area contributed by atoms with Gasteiger partial charge in [-0.25, -0.2) is 9.78 Å². The highest BCUT2D eigenvalue weighted by atomic mass is 32.2. The van der Waals surface area contributed by atoms with Gasteiger partial charge in [0.1, 0.15) is 0 Å². The number of hydrogen-bond donors (Lipinski definition) is 2. The summed E-state index contributed by atoms with van der Waals surface area (Å²) < 4.78 is 0. The Bertz CT molecular complexity index is 343. The Kier molecular flexibility index (Phi) is 4.58. The molecule has 0 radical (unpaired) electrons. The van der Waals surface area contributed by atoms with Crippen molar-refractivity contribution < 1.29 is 15.0 Å². The first-order valence-corrected chi connectivity index (χ1v) is 5.55. The number of pyridine rings is 1. The fraction of sp³-hybridized carbons (Fsp3) is 0.400. The fourth-order valence-electron chi connectivity index (χ4n) is 0.902. The van der Waals surface area contributed by atoms with E-state index in [9.17, 15) is 4.79 Å². The highest BCUT2D eigenvalue weighted by Crippen LogP contribution is 2.19. The maximum Gasteiger partial charge on any atom is 0.335 e. The molecule has 1 unspecified atom stereocenters. The van der Waals surface area contributed by atoms with E-state index < -0.39 is 5.97 Å². The Balaban J connectivity index is 2.62. The maximum absolute atomic E-state index is 10.7. The molecule has 0 amide bonds. The van der Waals surface area contributed by atoms with Gasteiger partial charge < -0.3 is 10.2 Å². The molecule has 0 fully saturated rings. The molecule has 1 heterocycles.